The highest BCUT2D eigenvalue weighted by molar-refractivity contribution is 5.73. The molecule has 6 N–H and O–H groups in total. The van der Waals surface area contributed by atoms with E-state index in [1.807, 2.05) is 13.8 Å². The molecular weight excluding hydrogens is 320 g/mol. The Hall–Kier alpha value is -1.71. The minimum absolute atomic E-state index is 0.269. The molecule has 1 fully saturated rings. The Morgan fingerprint density at radius 1 is 1.12 bits per heavy atom. The topological polar surface area (TPSA) is 156 Å². The van der Waals surface area contributed by atoms with E-state index < -0.39 is 24.0 Å². The van der Waals surface area contributed by atoms with Crippen molar-refractivity contribution in [2.24, 2.45) is 5.92 Å². The molecule has 142 valence electrons. The van der Waals surface area contributed by atoms with Crippen molar-refractivity contribution in [2.75, 3.05) is 13.6 Å². The summed E-state index contributed by atoms with van der Waals surface area (Å²) in [5.74, 6) is -2.25. The van der Waals surface area contributed by atoms with Crippen molar-refractivity contribution < 1.29 is 34.8 Å². The first-order valence-corrected chi connectivity index (χ1v) is 7.80. The normalized spacial score (nSPS) is 18.5. The van der Waals surface area contributed by atoms with Gasteiger partial charge >= 0.3 is 17.9 Å². The Kier molecular flexibility index (Phi) is 14.0. The van der Waals surface area contributed by atoms with Crippen LogP contribution >= 0.6 is 0 Å². The van der Waals surface area contributed by atoms with Crippen LogP contribution in [0.25, 0.3) is 0 Å². The van der Waals surface area contributed by atoms with E-state index in [2.05, 4.69) is 10.6 Å². The van der Waals surface area contributed by atoms with Crippen LogP contribution in [0, 0.1) is 5.92 Å². The second kappa shape index (κ2) is 13.7. The lowest BCUT2D eigenvalue weighted by Crippen LogP contribution is -2.34. The fraction of sp³-hybridized carbons (Fsp3) is 0.800. The van der Waals surface area contributed by atoms with Gasteiger partial charge in [0.1, 0.15) is 18.2 Å². The van der Waals surface area contributed by atoms with Gasteiger partial charge in [0, 0.05) is 0 Å². The molecular formula is C15H30N2O7. The van der Waals surface area contributed by atoms with Gasteiger partial charge in [-0.25, -0.2) is 4.79 Å². The van der Waals surface area contributed by atoms with Gasteiger partial charge in [-0.15, -0.1) is 0 Å². The molecule has 0 aromatic rings. The Bertz CT molecular complexity index is 380. The van der Waals surface area contributed by atoms with Crippen molar-refractivity contribution in [3.05, 3.63) is 0 Å². The van der Waals surface area contributed by atoms with Crippen molar-refractivity contribution in [2.45, 2.75) is 58.2 Å². The number of carboxylic acid groups (broad SMARTS) is 3. The Labute approximate surface area is 142 Å². The lowest BCUT2D eigenvalue weighted by molar-refractivity contribution is -0.145. The molecule has 9 nitrogen and oxygen atoms in total. The predicted octanol–water partition coefficient (Wildman–Crippen LogP) is -0.0201. The molecule has 0 aliphatic carbocycles. The first-order valence-electron chi connectivity index (χ1n) is 7.80. The smallest absolute Gasteiger partial charge is 0.332 e. The van der Waals surface area contributed by atoms with Gasteiger partial charge in [-0.1, -0.05) is 13.8 Å². The summed E-state index contributed by atoms with van der Waals surface area (Å²) < 4.78 is 0. The SMILES string of the molecule is CC(O)C(=O)O.CN[C@@H](CC(C)C)C(=O)O.O=C(O)[C@@H]1CCCN1. The molecule has 0 bridgehead atoms. The average Bonchev–Trinajstić information content (AvgIpc) is 2.99. The molecule has 0 spiro atoms. The van der Waals surface area contributed by atoms with Gasteiger partial charge in [-0.05, 0) is 45.7 Å². The molecule has 1 saturated heterocycles. The fourth-order valence-electron chi connectivity index (χ4n) is 1.71. The van der Waals surface area contributed by atoms with E-state index in [1.165, 1.54) is 6.92 Å². The van der Waals surface area contributed by atoms with Crippen LogP contribution in [0.4, 0.5) is 0 Å². The lowest BCUT2D eigenvalue weighted by Gasteiger charge is -2.12. The third kappa shape index (κ3) is 13.9. The van der Waals surface area contributed by atoms with E-state index in [-0.39, 0.29) is 12.1 Å². The van der Waals surface area contributed by atoms with Crippen LogP contribution in [0.2, 0.25) is 0 Å². The fourth-order valence-corrected chi connectivity index (χ4v) is 1.71. The quantitative estimate of drug-likeness (QED) is 0.387. The number of aliphatic hydroxyl groups excluding tert-OH is 1. The van der Waals surface area contributed by atoms with E-state index in [1.54, 1.807) is 7.05 Å². The second-order valence-corrected chi connectivity index (χ2v) is 5.81. The minimum Gasteiger partial charge on any atom is -0.480 e. The van der Waals surface area contributed by atoms with Crippen LogP contribution in [-0.4, -0.2) is 70.1 Å². The van der Waals surface area contributed by atoms with Crippen LogP contribution in [0.1, 0.15) is 40.0 Å². The molecule has 0 aromatic carbocycles. The first kappa shape index (κ1) is 24.5. The van der Waals surface area contributed by atoms with E-state index in [4.69, 9.17) is 20.4 Å². The van der Waals surface area contributed by atoms with E-state index in [9.17, 15) is 14.4 Å². The van der Waals surface area contributed by atoms with Crippen molar-refractivity contribution in [3.63, 3.8) is 0 Å². The second-order valence-electron chi connectivity index (χ2n) is 5.81. The van der Waals surface area contributed by atoms with Crippen molar-refractivity contribution in [3.8, 4) is 0 Å². The van der Waals surface area contributed by atoms with Crippen LogP contribution in [-0.2, 0) is 14.4 Å². The maximum absolute atomic E-state index is 10.4. The molecule has 1 rings (SSSR count). The summed E-state index contributed by atoms with van der Waals surface area (Å²) in [4.78, 5) is 30.0. The molecule has 1 unspecified atom stereocenters. The van der Waals surface area contributed by atoms with Crippen LogP contribution in [0.15, 0.2) is 0 Å². The molecule has 1 heterocycles. The summed E-state index contributed by atoms with van der Waals surface area (Å²) in [6, 6.07) is -0.657. The molecule has 0 amide bonds. The third-order valence-electron chi connectivity index (χ3n) is 3.07. The number of hydrogen-bond acceptors (Lipinski definition) is 6. The van der Waals surface area contributed by atoms with E-state index >= 15 is 0 Å². The molecule has 0 aromatic heterocycles. The zero-order valence-electron chi connectivity index (χ0n) is 14.7. The summed E-state index contributed by atoms with van der Waals surface area (Å²) in [5, 5.41) is 38.3. The lowest BCUT2D eigenvalue weighted by atomic mass is 10.0. The number of aliphatic hydroxyl groups is 1. The molecule has 1 aliphatic rings. The Balaban J connectivity index is 0. The van der Waals surface area contributed by atoms with Gasteiger partial charge in [-0.2, -0.15) is 0 Å². The van der Waals surface area contributed by atoms with Gasteiger partial charge in [-0.3, -0.25) is 9.59 Å². The van der Waals surface area contributed by atoms with Crippen LogP contribution in [0.5, 0.6) is 0 Å². The average molecular weight is 350 g/mol. The van der Waals surface area contributed by atoms with Crippen LogP contribution in [0.3, 0.4) is 0 Å². The number of likely N-dealkylation sites (N-methyl/N-ethyl adjacent to an activating group) is 1. The molecule has 1 aliphatic heterocycles. The number of rotatable bonds is 6. The zero-order valence-corrected chi connectivity index (χ0v) is 14.7. The zero-order chi connectivity index (χ0) is 19.3. The van der Waals surface area contributed by atoms with Gasteiger partial charge < -0.3 is 31.1 Å². The van der Waals surface area contributed by atoms with Gasteiger partial charge in [0.2, 0.25) is 0 Å². The number of nitrogens with one attached hydrogen (secondary N) is 2. The van der Waals surface area contributed by atoms with Gasteiger partial charge in [0.15, 0.2) is 0 Å². The maximum Gasteiger partial charge on any atom is 0.332 e. The largest absolute Gasteiger partial charge is 0.480 e. The molecule has 3 atom stereocenters. The van der Waals surface area contributed by atoms with Crippen molar-refractivity contribution >= 4 is 17.9 Å². The standard InChI is InChI=1S/C7H15NO2.C5H9NO2.C3H6O3/c1-5(2)4-6(8-3)7(9)10;7-5(8)4-2-1-3-6-4;1-2(4)3(5)6/h5-6,8H,4H2,1-3H3,(H,9,10);4,6H,1-3H2,(H,7,8);2,4H,1H3,(H,5,6)/t6-;4-;/m00./s1. The van der Waals surface area contributed by atoms with Crippen molar-refractivity contribution in [1.82, 2.24) is 10.6 Å². The third-order valence-corrected chi connectivity index (χ3v) is 3.07. The monoisotopic (exact) mass is 350 g/mol. The maximum atomic E-state index is 10.4. The first-order chi connectivity index (χ1) is 11.0. The van der Waals surface area contributed by atoms with Gasteiger partial charge in [0.05, 0.1) is 0 Å². The van der Waals surface area contributed by atoms with Crippen molar-refractivity contribution in [1.29, 1.82) is 0 Å². The number of carbonyl (C=O) groups is 3. The van der Waals surface area contributed by atoms with Gasteiger partial charge in [0.25, 0.3) is 0 Å². The van der Waals surface area contributed by atoms with E-state index in [0.717, 1.165) is 19.4 Å². The Morgan fingerprint density at radius 2 is 1.62 bits per heavy atom. The number of aliphatic carboxylic acids is 3. The number of carboxylic acids is 3. The summed E-state index contributed by atoms with van der Waals surface area (Å²) in [6.45, 7) is 6.07. The molecule has 24 heavy (non-hydrogen) atoms. The predicted molar refractivity (Wildman–Crippen MR) is 87.9 cm³/mol. The number of hydrogen-bond donors (Lipinski definition) is 6. The molecule has 0 radical (unpaired) electrons. The molecule has 9 heteroatoms. The highest BCUT2D eigenvalue weighted by atomic mass is 16.4. The van der Waals surface area contributed by atoms with E-state index in [0.29, 0.717) is 12.3 Å². The summed E-state index contributed by atoms with van der Waals surface area (Å²) in [6.07, 6.45) is 1.24. The minimum atomic E-state index is -1.23. The Morgan fingerprint density at radius 3 is 1.75 bits per heavy atom. The highest BCUT2D eigenvalue weighted by Gasteiger charge is 2.20. The summed E-state index contributed by atoms with van der Waals surface area (Å²) >= 11 is 0. The summed E-state index contributed by atoms with van der Waals surface area (Å²) in [7, 11) is 1.67. The molecule has 0 saturated carbocycles. The highest BCUT2D eigenvalue weighted by Crippen LogP contribution is 2.04. The summed E-state index contributed by atoms with van der Waals surface area (Å²) in [5.41, 5.74) is 0. The van der Waals surface area contributed by atoms with Crippen LogP contribution < -0.4 is 10.6 Å².